The van der Waals surface area contributed by atoms with E-state index in [2.05, 4.69) is 45.1 Å². The Morgan fingerprint density at radius 2 is 0.859 bits per heavy atom. The van der Waals surface area contributed by atoms with Gasteiger partial charge in [-0.3, -0.25) is 18.9 Å². The van der Waals surface area contributed by atoms with Crippen molar-refractivity contribution in [3.8, 4) is 0 Å². The Balaban J connectivity index is 4.54. The van der Waals surface area contributed by atoms with Crippen LogP contribution in [-0.2, 0) is 42.2 Å². The molecule has 0 aromatic carbocycles. The summed E-state index contributed by atoms with van der Waals surface area (Å²) in [6.07, 6.45) is 45.6. The summed E-state index contributed by atoms with van der Waals surface area (Å²) in [6, 6.07) is 0. The molecular formula is C52H98NO10P. The minimum atomic E-state index is -4.74. The third-order valence-electron chi connectivity index (χ3n) is 11.3. The first-order chi connectivity index (χ1) is 31.2. The number of hydrogen-bond acceptors (Lipinski definition) is 10. The molecule has 0 aliphatic heterocycles. The highest BCUT2D eigenvalue weighted by molar-refractivity contribution is 7.45. The fourth-order valence-electron chi connectivity index (χ4n) is 7.26. The van der Waals surface area contributed by atoms with Gasteiger partial charge in [-0.05, 0) is 70.6 Å². The lowest BCUT2D eigenvalue weighted by Crippen LogP contribution is -2.85. The van der Waals surface area contributed by atoms with Gasteiger partial charge < -0.3 is 33.5 Å². The first-order valence-electron chi connectivity index (χ1n) is 26.5. The largest absolute Gasteiger partial charge is 0.756 e. The molecule has 0 aromatic rings. The molecule has 64 heavy (non-hydrogen) atoms. The van der Waals surface area contributed by atoms with Crippen LogP contribution in [0, 0.1) is 0 Å². The molecule has 0 amide bonds. The van der Waals surface area contributed by atoms with Crippen LogP contribution in [0.3, 0.4) is 0 Å². The van der Waals surface area contributed by atoms with E-state index in [0.717, 1.165) is 89.9 Å². The number of esters is 3. The summed E-state index contributed by atoms with van der Waals surface area (Å²) in [4.78, 5) is 49.9. The molecule has 11 nitrogen and oxygen atoms in total. The monoisotopic (exact) mass is 928 g/mol. The van der Waals surface area contributed by atoms with Gasteiger partial charge in [-0.15, -0.1) is 0 Å². The number of allylic oxidation sites excluding steroid dienone is 4. The average molecular weight is 928 g/mol. The van der Waals surface area contributed by atoms with Crippen molar-refractivity contribution in [3.63, 3.8) is 0 Å². The smallest absolute Gasteiger partial charge is 0.311 e. The van der Waals surface area contributed by atoms with Crippen molar-refractivity contribution in [1.29, 1.82) is 0 Å². The number of phosphoric acid groups is 1. The molecule has 2 N–H and O–H groups in total. The van der Waals surface area contributed by atoms with Gasteiger partial charge in [0.1, 0.15) is 13.2 Å². The lowest BCUT2D eigenvalue weighted by Gasteiger charge is -2.25. The van der Waals surface area contributed by atoms with Crippen molar-refractivity contribution in [3.05, 3.63) is 24.3 Å². The van der Waals surface area contributed by atoms with Gasteiger partial charge in [-0.2, -0.15) is 0 Å². The second-order valence-corrected chi connectivity index (χ2v) is 19.1. The number of unbranched alkanes of at least 4 members (excludes halogenated alkanes) is 27. The van der Waals surface area contributed by atoms with E-state index in [9.17, 15) is 23.8 Å². The van der Waals surface area contributed by atoms with Crippen LogP contribution in [0.5, 0.6) is 0 Å². The zero-order chi connectivity index (χ0) is 46.9. The van der Waals surface area contributed by atoms with E-state index in [0.29, 0.717) is 32.5 Å². The van der Waals surface area contributed by atoms with Gasteiger partial charge in [-0.25, -0.2) is 0 Å². The highest BCUT2D eigenvalue weighted by atomic mass is 31.2. The number of hydrogen-bond donors (Lipinski definition) is 1. The average Bonchev–Trinajstić information content (AvgIpc) is 3.28. The molecule has 0 spiro atoms. The van der Waals surface area contributed by atoms with Crippen LogP contribution < -0.4 is 10.2 Å². The first kappa shape index (κ1) is 62.0. The molecule has 2 atom stereocenters. The van der Waals surface area contributed by atoms with Crippen LogP contribution in [0.25, 0.3) is 0 Å². The van der Waals surface area contributed by atoms with E-state index in [-0.39, 0.29) is 38.4 Å². The molecule has 12 heteroatoms. The molecule has 0 bridgehead atoms. The summed E-state index contributed by atoms with van der Waals surface area (Å²) in [7, 11) is -4.74. The van der Waals surface area contributed by atoms with Crippen LogP contribution in [-0.4, -0.2) is 63.5 Å². The lowest BCUT2D eigenvalue weighted by molar-refractivity contribution is -0.654. The van der Waals surface area contributed by atoms with Gasteiger partial charge in [0.2, 0.25) is 0 Å². The summed E-state index contributed by atoms with van der Waals surface area (Å²) < 4.78 is 38.9. The van der Waals surface area contributed by atoms with Crippen LogP contribution in [0.1, 0.15) is 245 Å². The van der Waals surface area contributed by atoms with Gasteiger partial charge >= 0.3 is 17.9 Å². The predicted molar refractivity (Wildman–Crippen MR) is 260 cm³/mol. The van der Waals surface area contributed by atoms with Gasteiger partial charge in [0.25, 0.3) is 7.82 Å². The Bertz CT molecular complexity index is 1170. The number of quaternary nitrogens is 1. The van der Waals surface area contributed by atoms with Gasteiger partial charge in [0.15, 0.2) is 6.10 Å². The highest BCUT2D eigenvalue weighted by Crippen LogP contribution is 2.38. The summed E-state index contributed by atoms with van der Waals surface area (Å²) >= 11 is 0. The molecule has 0 saturated heterocycles. The fourth-order valence-corrected chi connectivity index (χ4v) is 8.02. The van der Waals surface area contributed by atoms with E-state index in [1.807, 2.05) is 0 Å². The zero-order valence-electron chi connectivity index (χ0n) is 41.5. The number of nitrogens with two attached hydrogens (primary N) is 1. The minimum absolute atomic E-state index is 0.154. The second kappa shape index (κ2) is 48.9. The number of rotatable bonds is 50. The molecule has 0 saturated carbocycles. The summed E-state index contributed by atoms with van der Waals surface area (Å²) in [5.41, 5.74) is 0. The quantitative estimate of drug-likeness (QED) is 0.0205. The van der Waals surface area contributed by atoms with Crippen molar-refractivity contribution in [2.75, 3.05) is 39.5 Å². The molecule has 0 fully saturated rings. The normalized spacial score (nSPS) is 13.1. The molecule has 0 aliphatic carbocycles. The standard InChI is InChI=1S/C52H98NO10P/c1-4-7-10-13-16-18-20-22-24-26-28-30-32-34-37-40-50(54)60-47-49(63-52(56)41-38-35-33-31-29-27-25-23-21-19-17-14-11-8-5-2)48-62-64(57,58)61-46-44-53-43-42-51(55)59-45-39-36-15-12-9-6-3/h22-25,49,53H,4-21,26-48H2,1-3H3,(H,57,58)/b24-22-,25-23-/t49-/m1/s1. The van der Waals surface area contributed by atoms with E-state index >= 15 is 0 Å². The van der Waals surface area contributed by atoms with E-state index < -0.39 is 32.5 Å². The second-order valence-electron chi connectivity index (χ2n) is 17.6. The fraction of sp³-hybridized carbons (Fsp3) is 0.865. The molecule has 0 aromatic heterocycles. The van der Waals surface area contributed by atoms with Crippen molar-refractivity contribution >= 4 is 25.7 Å². The lowest BCUT2D eigenvalue weighted by atomic mass is 10.1. The maximum atomic E-state index is 12.8. The molecule has 1 unspecified atom stereocenters. The summed E-state index contributed by atoms with van der Waals surface area (Å²) in [5.74, 6) is -1.17. The van der Waals surface area contributed by atoms with Crippen LogP contribution >= 0.6 is 7.82 Å². The molecule has 376 valence electrons. The number of carbonyl (C=O) groups is 3. The van der Waals surface area contributed by atoms with Crippen molar-refractivity contribution in [2.24, 2.45) is 0 Å². The van der Waals surface area contributed by atoms with E-state index in [1.165, 1.54) is 103 Å². The Morgan fingerprint density at radius 1 is 0.453 bits per heavy atom. The van der Waals surface area contributed by atoms with Crippen molar-refractivity contribution < 1.29 is 52.4 Å². The molecular weight excluding hydrogens is 830 g/mol. The maximum absolute atomic E-state index is 12.8. The maximum Gasteiger partial charge on any atom is 0.311 e. The summed E-state index contributed by atoms with van der Waals surface area (Å²) in [6.45, 7) is 6.86. The van der Waals surface area contributed by atoms with E-state index in [1.54, 1.807) is 5.32 Å². The SMILES string of the molecule is CCCCCCCC/C=C\CCCCCCCC(=O)OC[C@H](COP(=O)([O-])OCC[NH2+]CCC(=O)OCCCCCCCC)OC(=O)CCCCCCC/C=C\CCCCCCCC. The Morgan fingerprint density at radius 3 is 1.34 bits per heavy atom. The molecule has 0 heterocycles. The van der Waals surface area contributed by atoms with E-state index in [4.69, 9.17) is 23.3 Å². The van der Waals surface area contributed by atoms with Crippen molar-refractivity contribution in [1.82, 2.24) is 0 Å². The number of phosphoric ester groups is 1. The first-order valence-corrected chi connectivity index (χ1v) is 27.9. The Labute approximate surface area is 392 Å². The molecule has 0 radical (unpaired) electrons. The molecule has 0 aliphatic rings. The highest BCUT2D eigenvalue weighted by Gasteiger charge is 2.21. The molecule has 0 rings (SSSR count). The van der Waals surface area contributed by atoms with Gasteiger partial charge in [0, 0.05) is 12.8 Å². The van der Waals surface area contributed by atoms with Crippen LogP contribution in [0.2, 0.25) is 0 Å². The third kappa shape index (κ3) is 47.9. The third-order valence-corrected chi connectivity index (χ3v) is 12.3. The van der Waals surface area contributed by atoms with Crippen LogP contribution in [0.15, 0.2) is 24.3 Å². The Kier molecular flexibility index (Phi) is 47.3. The van der Waals surface area contributed by atoms with Crippen molar-refractivity contribution in [2.45, 2.75) is 252 Å². The minimum Gasteiger partial charge on any atom is -0.756 e. The number of ether oxygens (including phenoxy) is 3. The number of carbonyl (C=O) groups excluding carboxylic acids is 3. The van der Waals surface area contributed by atoms with Gasteiger partial charge in [-0.1, -0.05) is 180 Å². The summed E-state index contributed by atoms with van der Waals surface area (Å²) in [5, 5.41) is 1.78. The topological polar surface area (TPSA) is 154 Å². The van der Waals surface area contributed by atoms with Gasteiger partial charge in [0.05, 0.1) is 32.7 Å². The Hall–Kier alpha value is -2.04. The zero-order valence-corrected chi connectivity index (χ0v) is 42.4. The van der Waals surface area contributed by atoms with Crippen LogP contribution in [0.4, 0.5) is 0 Å². The predicted octanol–water partition coefficient (Wildman–Crippen LogP) is 12.9.